The Kier molecular flexibility index (Phi) is 4.27. The number of benzene rings is 1. The van der Waals surface area contributed by atoms with Gasteiger partial charge in [-0.1, -0.05) is 22.3 Å². The van der Waals surface area contributed by atoms with Crippen LogP contribution < -0.4 is 5.73 Å². The Bertz CT molecular complexity index is 520. The molecule has 0 bridgehead atoms. The molecule has 1 aliphatic rings. The van der Waals surface area contributed by atoms with E-state index in [0.717, 1.165) is 30.4 Å². The Hall–Kier alpha value is -2.04. The van der Waals surface area contributed by atoms with E-state index in [9.17, 15) is 4.79 Å². The van der Waals surface area contributed by atoms with Gasteiger partial charge in [-0.3, -0.25) is 4.79 Å². The summed E-state index contributed by atoms with van der Waals surface area (Å²) in [6.45, 7) is 4.59. The molecule has 1 aromatic carbocycles. The van der Waals surface area contributed by atoms with Gasteiger partial charge in [-0.15, -0.1) is 0 Å². The molecule has 1 aliphatic heterocycles. The third-order valence-electron chi connectivity index (χ3n) is 3.69. The molecule has 1 heterocycles. The molecule has 0 spiro atoms. The third-order valence-corrected chi connectivity index (χ3v) is 3.69. The lowest BCUT2D eigenvalue weighted by Crippen LogP contribution is -2.50. The first-order chi connectivity index (χ1) is 9.52. The van der Waals surface area contributed by atoms with Crippen molar-refractivity contribution in [1.29, 1.82) is 0 Å². The van der Waals surface area contributed by atoms with Gasteiger partial charge in [0.2, 0.25) is 0 Å². The summed E-state index contributed by atoms with van der Waals surface area (Å²) >= 11 is 0. The van der Waals surface area contributed by atoms with Gasteiger partial charge >= 0.3 is 0 Å². The summed E-state index contributed by atoms with van der Waals surface area (Å²) in [6.07, 6.45) is 2.68. The van der Waals surface area contributed by atoms with E-state index in [-0.39, 0.29) is 17.8 Å². The second-order valence-electron chi connectivity index (χ2n) is 5.41. The van der Waals surface area contributed by atoms with E-state index < -0.39 is 0 Å². The Morgan fingerprint density at radius 2 is 1.95 bits per heavy atom. The number of aryl methyl sites for hydroxylation is 2. The molecule has 0 aromatic heterocycles. The quantitative estimate of drug-likeness (QED) is 0.375. The molecule has 0 saturated carbocycles. The molecule has 1 unspecified atom stereocenters. The van der Waals surface area contributed by atoms with Crippen molar-refractivity contribution < 1.29 is 10.0 Å². The molecule has 1 aromatic rings. The smallest absolute Gasteiger partial charge is 0.254 e. The van der Waals surface area contributed by atoms with Crippen molar-refractivity contribution in [3.05, 3.63) is 34.9 Å². The van der Waals surface area contributed by atoms with Crippen LogP contribution in [0.25, 0.3) is 0 Å². The van der Waals surface area contributed by atoms with Gasteiger partial charge in [0.25, 0.3) is 5.91 Å². The zero-order valence-corrected chi connectivity index (χ0v) is 12.0. The van der Waals surface area contributed by atoms with E-state index in [2.05, 4.69) is 5.16 Å². The molecule has 5 nitrogen and oxygen atoms in total. The van der Waals surface area contributed by atoms with Gasteiger partial charge in [0, 0.05) is 12.1 Å². The van der Waals surface area contributed by atoms with Gasteiger partial charge in [-0.25, -0.2) is 0 Å². The first-order valence-corrected chi connectivity index (χ1v) is 6.89. The second-order valence-corrected chi connectivity index (χ2v) is 5.41. The lowest BCUT2D eigenvalue weighted by molar-refractivity contribution is 0.0676. The summed E-state index contributed by atoms with van der Waals surface area (Å²) in [5, 5.41) is 11.9. The second kappa shape index (κ2) is 5.94. The molecule has 20 heavy (non-hydrogen) atoms. The van der Waals surface area contributed by atoms with Crippen molar-refractivity contribution in [3.63, 3.8) is 0 Å². The topological polar surface area (TPSA) is 78.9 Å². The number of amidine groups is 1. The van der Waals surface area contributed by atoms with Crippen molar-refractivity contribution in [2.75, 3.05) is 6.54 Å². The maximum Gasteiger partial charge on any atom is 0.254 e. The summed E-state index contributed by atoms with van der Waals surface area (Å²) in [7, 11) is 0. The summed E-state index contributed by atoms with van der Waals surface area (Å²) in [5.41, 5.74) is 8.51. The highest BCUT2D eigenvalue weighted by Crippen LogP contribution is 2.21. The summed E-state index contributed by atoms with van der Waals surface area (Å²) in [4.78, 5) is 14.4. The maximum absolute atomic E-state index is 12.7. The molecule has 5 heteroatoms. The molecule has 1 atom stereocenters. The van der Waals surface area contributed by atoms with E-state index >= 15 is 0 Å². The first kappa shape index (κ1) is 14.4. The summed E-state index contributed by atoms with van der Waals surface area (Å²) in [5.74, 6) is 0.0653. The number of nitrogens with two attached hydrogens (primary N) is 1. The molecule has 3 N–H and O–H groups in total. The predicted octanol–water partition coefficient (Wildman–Crippen LogP) is 2.04. The SMILES string of the molecule is Cc1cc(C)cc(C(=O)N2CCCCC2C(N)=NO)c1. The van der Waals surface area contributed by atoms with Crippen LogP contribution in [0.5, 0.6) is 0 Å². The highest BCUT2D eigenvalue weighted by Gasteiger charge is 2.30. The fraction of sp³-hybridized carbons (Fsp3) is 0.467. The summed E-state index contributed by atoms with van der Waals surface area (Å²) < 4.78 is 0. The minimum absolute atomic E-state index is 0.0481. The number of piperidine rings is 1. The molecule has 1 saturated heterocycles. The normalized spacial score (nSPS) is 20.0. The zero-order chi connectivity index (χ0) is 14.7. The Balaban J connectivity index is 2.29. The van der Waals surface area contributed by atoms with Crippen LogP contribution in [-0.2, 0) is 0 Å². The third kappa shape index (κ3) is 2.92. The van der Waals surface area contributed by atoms with Gasteiger partial charge in [-0.05, 0) is 45.2 Å². The van der Waals surface area contributed by atoms with E-state index in [0.29, 0.717) is 12.1 Å². The lowest BCUT2D eigenvalue weighted by Gasteiger charge is -2.35. The number of hydrogen-bond acceptors (Lipinski definition) is 3. The monoisotopic (exact) mass is 275 g/mol. The van der Waals surface area contributed by atoms with Crippen molar-refractivity contribution in [2.24, 2.45) is 10.9 Å². The average Bonchev–Trinajstić information content (AvgIpc) is 2.44. The number of likely N-dealkylation sites (tertiary alicyclic amines) is 1. The largest absolute Gasteiger partial charge is 0.409 e. The Morgan fingerprint density at radius 1 is 1.30 bits per heavy atom. The molecule has 1 amide bonds. The number of carbonyl (C=O) groups is 1. The number of hydrogen-bond donors (Lipinski definition) is 2. The van der Waals surface area contributed by atoms with Crippen molar-refractivity contribution in [1.82, 2.24) is 4.90 Å². The highest BCUT2D eigenvalue weighted by molar-refractivity contribution is 5.98. The summed E-state index contributed by atoms with van der Waals surface area (Å²) in [6, 6.07) is 5.50. The van der Waals surface area contributed by atoms with Crippen LogP contribution in [0.3, 0.4) is 0 Å². The van der Waals surface area contributed by atoms with Gasteiger partial charge in [-0.2, -0.15) is 0 Å². The van der Waals surface area contributed by atoms with Crippen LogP contribution in [0, 0.1) is 13.8 Å². The van der Waals surface area contributed by atoms with Crippen LogP contribution in [-0.4, -0.2) is 34.4 Å². The zero-order valence-electron chi connectivity index (χ0n) is 12.0. The predicted molar refractivity (Wildman–Crippen MR) is 78.0 cm³/mol. The average molecular weight is 275 g/mol. The van der Waals surface area contributed by atoms with Crippen LogP contribution in [0.1, 0.15) is 40.7 Å². The molecule has 0 radical (unpaired) electrons. The van der Waals surface area contributed by atoms with Gasteiger partial charge < -0.3 is 15.8 Å². The molecule has 108 valence electrons. The van der Waals surface area contributed by atoms with E-state index in [4.69, 9.17) is 10.9 Å². The Labute approximate surface area is 119 Å². The first-order valence-electron chi connectivity index (χ1n) is 6.89. The molecule has 0 aliphatic carbocycles. The van der Waals surface area contributed by atoms with Crippen molar-refractivity contribution >= 4 is 11.7 Å². The van der Waals surface area contributed by atoms with E-state index in [1.54, 1.807) is 4.90 Å². The number of oxime groups is 1. The van der Waals surface area contributed by atoms with Crippen molar-refractivity contribution in [3.8, 4) is 0 Å². The fourth-order valence-electron chi connectivity index (χ4n) is 2.81. The molecule has 1 fully saturated rings. The van der Waals surface area contributed by atoms with Crippen LogP contribution >= 0.6 is 0 Å². The fourth-order valence-corrected chi connectivity index (χ4v) is 2.81. The van der Waals surface area contributed by atoms with E-state index in [1.807, 2.05) is 32.0 Å². The standard InChI is InChI=1S/C15H21N3O2/c1-10-7-11(2)9-12(8-10)15(19)18-6-4-3-5-13(18)14(16)17-20/h7-9,13,20H,3-6H2,1-2H3,(H2,16,17). The molecule has 2 rings (SSSR count). The minimum Gasteiger partial charge on any atom is -0.409 e. The molecular weight excluding hydrogens is 254 g/mol. The maximum atomic E-state index is 12.7. The minimum atomic E-state index is -0.304. The number of nitrogens with zero attached hydrogens (tertiary/aromatic N) is 2. The Morgan fingerprint density at radius 3 is 2.55 bits per heavy atom. The number of carbonyl (C=O) groups excluding carboxylic acids is 1. The van der Waals surface area contributed by atoms with E-state index in [1.165, 1.54) is 0 Å². The van der Waals surface area contributed by atoms with Gasteiger partial charge in [0.1, 0.15) is 0 Å². The van der Waals surface area contributed by atoms with Crippen LogP contribution in [0.4, 0.5) is 0 Å². The highest BCUT2D eigenvalue weighted by atomic mass is 16.4. The lowest BCUT2D eigenvalue weighted by atomic mass is 9.99. The number of rotatable bonds is 2. The van der Waals surface area contributed by atoms with Crippen molar-refractivity contribution in [2.45, 2.75) is 39.2 Å². The van der Waals surface area contributed by atoms with Gasteiger partial charge in [0.05, 0.1) is 6.04 Å². The van der Waals surface area contributed by atoms with Crippen LogP contribution in [0.15, 0.2) is 23.4 Å². The number of amides is 1. The van der Waals surface area contributed by atoms with Gasteiger partial charge in [0.15, 0.2) is 5.84 Å². The van der Waals surface area contributed by atoms with Crippen LogP contribution in [0.2, 0.25) is 0 Å². The molecular formula is C15H21N3O2.